The van der Waals surface area contributed by atoms with E-state index >= 15 is 0 Å². The van der Waals surface area contributed by atoms with Crippen LogP contribution in [0.15, 0.2) is 29.3 Å². The first-order chi connectivity index (χ1) is 12.1. The standard InChI is InChI=1S/C20H33N3O2/c1-16(17-8-5-6-9-18(17)25-4)14-22-19(21-2)23-15-20(10-7-11-20)12-13-24-3/h5-6,8-9,16H,7,10-15H2,1-4H3,(H2,21,22,23). The Hall–Kier alpha value is -1.75. The second kappa shape index (κ2) is 9.66. The third kappa shape index (κ3) is 5.36. The van der Waals surface area contributed by atoms with Crippen LogP contribution in [0.4, 0.5) is 0 Å². The summed E-state index contributed by atoms with van der Waals surface area (Å²) >= 11 is 0. The Bertz CT molecular complexity index is 556. The maximum absolute atomic E-state index is 5.47. The molecule has 2 rings (SSSR count). The number of nitrogens with zero attached hydrogens (tertiary/aromatic N) is 1. The molecule has 140 valence electrons. The van der Waals surface area contributed by atoms with Crippen LogP contribution in [-0.4, -0.2) is 46.9 Å². The minimum atomic E-state index is 0.334. The molecule has 0 bridgehead atoms. The zero-order valence-corrected chi connectivity index (χ0v) is 16.1. The number of rotatable bonds is 9. The molecule has 1 saturated carbocycles. The molecule has 0 spiro atoms. The molecule has 5 heteroatoms. The first-order valence-corrected chi connectivity index (χ1v) is 9.20. The van der Waals surface area contributed by atoms with Crippen molar-refractivity contribution in [3.8, 4) is 5.75 Å². The molecule has 0 saturated heterocycles. The minimum absolute atomic E-state index is 0.334. The third-order valence-corrected chi connectivity index (χ3v) is 5.35. The summed E-state index contributed by atoms with van der Waals surface area (Å²) in [5.41, 5.74) is 1.59. The van der Waals surface area contributed by atoms with Gasteiger partial charge in [0.2, 0.25) is 0 Å². The molecule has 1 fully saturated rings. The SMILES string of the molecule is CN=C(NCC(C)c1ccccc1OC)NCC1(CCOC)CCC1. The van der Waals surface area contributed by atoms with Gasteiger partial charge in [-0.25, -0.2) is 0 Å². The van der Waals surface area contributed by atoms with E-state index in [1.807, 2.05) is 19.2 Å². The molecule has 0 amide bonds. The van der Waals surface area contributed by atoms with E-state index in [1.165, 1.54) is 24.8 Å². The number of guanidine groups is 1. The predicted molar refractivity (Wildman–Crippen MR) is 104 cm³/mol. The van der Waals surface area contributed by atoms with Gasteiger partial charge in [-0.05, 0) is 36.3 Å². The van der Waals surface area contributed by atoms with Crippen molar-refractivity contribution in [1.82, 2.24) is 10.6 Å². The molecule has 2 N–H and O–H groups in total. The zero-order chi connectivity index (χ0) is 18.1. The van der Waals surface area contributed by atoms with Gasteiger partial charge in [-0.2, -0.15) is 0 Å². The quantitative estimate of drug-likeness (QED) is 0.532. The fourth-order valence-corrected chi connectivity index (χ4v) is 3.44. The molecule has 0 heterocycles. The summed E-state index contributed by atoms with van der Waals surface area (Å²) in [4.78, 5) is 4.37. The van der Waals surface area contributed by atoms with Crippen molar-refractivity contribution in [2.24, 2.45) is 10.4 Å². The Morgan fingerprint density at radius 2 is 2.00 bits per heavy atom. The zero-order valence-electron chi connectivity index (χ0n) is 16.1. The number of benzene rings is 1. The van der Waals surface area contributed by atoms with Gasteiger partial charge in [0.25, 0.3) is 0 Å². The minimum Gasteiger partial charge on any atom is -0.496 e. The van der Waals surface area contributed by atoms with Gasteiger partial charge >= 0.3 is 0 Å². The van der Waals surface area contributed by atoms with E-state index in [1.54, 1.807) is 14.2 Å². The predicted octanol–water partition coefficient (Wildman–Crippen LogP) is 3.17. The number of ether oxygens (including phenoxy) is 2. The lowest BCUT2D eigenvalue weighted by atomic mass is 9.67. The van der Waals surface area contributed by atoms with Gasteiger partial charge in [0.05, 0.1) is 7.11 Å². The fourth-order valence-electron chi connectivity index (χ4n) is 3.44. The topological polar surface area (TPSA) is 54.9 Å². The maximum atomic E-state index is 5.47. The highest BCUT2D eigenvalue weighted by Gasteiger charge is 2.36. The second-order valence-electron chi connectivity index (χ2n) is 7.05. The van der Waals surface area contributed by atoms with Crippen LogP contribution in [0.5, 0.6) is 5.75 Å². The number of hydrogen-bond donors (Lipinski definition) is 2. The van der Waals surface area contributed by atoms with E-state index in [0.717, 1.165) is 37.8 Å². The Balaban J connectivity index is 1.83. The number of para-hydroxylation sites is 1. The van der Waals surface area contributed by atoms with Crippen molar-refractivity contribution < 1.29 is 9.47 Å². The van der Waals surface area contributed by atoms with E-state index < -0.39 is 0 Å². The van der Waals surface area contributed by atoms with E-state index in [9.17, 15) is 0 Å². The highest BCUT2D eigenvalue weighted by atomic mass is 16.5. The van der Waals surface area contributed by atoms with Gasteiger partial charge in [0.1, 0.15) is 5.75 Å². The average Bonchev–Trinajstić information content (AvgIpc) is 2.62. The summed E-state index contributed by atoms with van der Waals surface area (Å²) in [6.07, 6.45) is 4.99. The molecule has 1 aliphatic carbocycles. The molecule has 1 aliphatic rings. The number of aliphatic imine (C=N–C) groups is 1. The van der Waals surface area contributed by atoms with Crippen LogP contribution in [0.25, 0.3) is 0 Å². The van der Waals surface area contributed by atoms with Crippen LogP contribution < -0.4 is 15.4 Å². The number of methoxy groups -OCH3 is 2. The number of hydrogen-bond acceptors (Lipinski definition) is 3. The van der Waals surface area contributed by atoms with Crippen molar-refractivity contribution in [3.63, 3.8) is 0 Å². The highest BCUT2D eigenvalue weighted by Crippen LogP contribution is 2.43. The van der Waals surface area contributed by atoms with Crippen LogP contribution in [-0.2, 0) is 4.74 Å². The van der Waals surface area contributed by atoms with Crippen LogP contribution in [0.1, 0.15) is 44.1 Å². The van der Waals surface area contributed by atoms with Gasteiger partial charge in [-0.3, -0.25) is 4.99 Å². The Morgan fingerprint density at radius 3 is 2.60 bits per heavy atom. The highest BCUT2D eigenvalue weighted by molar-refractivity contribution is 5.79. The lowest BCUT2D eigenvalue weighted by Gasteiger charge is -2.42. The molecule has 0 aliphatic heterocycles. The molecule has 1 unspecified atom stereocenters. The van der Waals surface area contributed by atoms with Crippen LogP contribution in [0, 0.1) is 5.41 Å². The molecule has 0 radical (unpaired) electrons. The molecule has 1 atom stereocenters. The molecular formula is C20H33N3O2. The number of nitrogens with one attached hydrogen (secondary N) is 2. The van der Waals surface area contributed by atoms with Crippen LogP contribution >= 0.6 is 0 Å². The third-order valence-electron chi connectivity index (χ3n) is 5.35. The van der Waals surface area contributed by atoms with Gasteiger partial charge in [0, 0.05) is 39.8 Å². The summed E-state index contributed by atoms with van der Waals surface area (Å²) in [5, 5.41) is 6.96. The van der Waals surface area contributed by atoms with Gasteiger partial charge in [0.15, 0.2) is 5.96 Å². The summed E-state index contributed by atoms with van der Waals surface area (Å²) < 4.78 is 10.7. The Labute approximate surface area is 152 Å². The maximum Gasteiger partial charge on any atom is 0.191 e. The molecular weight excluding hydrogens is 314 g/mol. The monoisotopic (exact) mass is 347 g/mol. The van der Waals surface area contributed by atoms with Gasteiger partial charge < -0.3 is 20.1 Å². The summed E-state index contributed by atoms with van der Waals surface area (Å²) in [6, 6.07) is 8.18. The summed E-state index contributed by atoms with van der Waals surface area (Å²) in [5.74, 6) is 2.14. The Morgan fingerprint density at radius 1 is 1.24 bits per heavy atom. The van der Waals surface area contributed by atoms with Crippen molar-refractivity contribution in [2.45, 2.75) is 38.5 Å². The summed E-state index contributed by atoms with van der Waals surface area (Å²) in [6.45, 7) is 4.80. The van der Waals surface area contributed by atoms with Crippen LogP contribution in [0.3, 0.4) is 0 Å². The Kier molecular flexibility index (Phi) is 7.56. The first kappa shape index (κ1) is 19.6. The lowest BCUT2D eigenvalue weighted by molar-refractivity contribution is 0.0732. The molecule has 1 aromatic rings. The lowest BCUT2D eigenvalue weighted by Crippen LogP contribution is -2.47. The largest absolute Gasteiger partial charge is 0.496 e. The smallest absolute Gasteiger partial charge is 0.191 e. The second-order valence-corrected chi connectivity index (χ2v) is 7.05. The van der Waals surface area contributed by atoms with Crippen molar-refractivity contribution in [2.75, 3.05) is 41.0 Å². The molecule has 25 heavy (non-hydrogen) atoms. The summed E-state index contributed by atoms with van der Waals surface area (Å²) in [7, 11) is 5.32. The van der Waals surface area contributed by atoms with Crippen molar-refractivity contribution in [1.29, 1.82) is 0 Å². The normalized spacial score (nSPS) is 17.5. The van der Waals surface area contributed by atoms with E-state index in [2.05, 4.69) is 34.7 Å². The fraction of sp³-hybridized carbons (Fsp3) is 0.650. The van der Waals surface area contributed by atoms with E-state index in [-0.39, 0.29) is 0 Å². The van der Waals surface area contributed by atoms with Gasteiger partial charge in [-0.1, -0.05) is 31.5 Å². The molecule has 5 nitrogen and oxygen atoms in total. The van der Waals surface area contributed by atoms with Gasteiger partial charge in [-0.15, -0.1) is 0 Å². The molecule has 1 aromatic carbocycles. The first-order valence-electron chi connectivity index (χ1n) is 9.20. The van der Waals surface area contributed by atoms with Crippen molar-refractivity contribution in [3.05, 3.63) is 29.8 Å². The molecule has 0 aromatic heterocycles. The van der Waals surface area contributed by atoms with Crippen LogP contribution in [0.2, 0.25) is 0 Å². The van der Waals surface area contributed by atoms with E-state index in [0.29, 0.717) is 11.3 Å². The average molecular weight is 348 g/mol. The van der Waals surface area contributed by atoms with E-state index in [4.69, 9.17) is 9.47 Å². The van der Waals surface area contributed by atoms with Crippen molar-refractivity contribution >= 4 is 5.96 Å².